The Hall–Kier alpha value is -0.570. The number of likely N-dealkylation sites (tertiary alicyclic amines) is 1. The molecule has 1 aliphatic heterocycles. The third kappa shape index (κ3) is 5.61. The highest BCUT2D eigenvalue weighted by Crippen LogP contribution is 2.26. The predicted octanol–water partition coefficient (Wildman–Crippen LogP) is 3.78. The first-order chi connectivity index (χ1) is 9.62. The highest BCUT2D eigenvalue weighted by molar-refractivity contribution is 5.80. The minimum absolute atomic E-state index is 0.0833. The van der Waals surface area contributed by atoms with E-state index in [1.807, 2.05) is 0 Å². The van der Waals surface area contributed by atoms with Crippen molar-refractivity contribution in [3.05, 3.63) is 0 Å². The van der Waals surface area contributed by atoms with E-state index in [9.17, 15) is 4.79 Å². The summed E-state index contributed by atoms with van der Waals surface area (Å²) >= 11 is 0. The molecule has 1 fully saturated rings. The molecule has 1 heterocycles. The summed E-state index contributed by atoms with van der Waals surface area (Å²) in [5, 5.41) is 0. The van der Waals surface area contributed by atoms with Crippen LogP contribution in [0.15, 0.2) is 0 Å². The van der Waals surface area contributed by atoms with Crippen molar-refractivity contribution in [1.29, 1.82) is 0 Å². The van der Waals surface area contributed by atoms with Crippen molar-refractivity contribution in [2.24, 2.45) is 11.8 Å². The third-order valence-electron chi connectivity index (χ3n) is 4.44. The summed E-state index contributed by atoms with van der Waals surface area (Å²) in [4.78, 5) is 17.5. The Balaban J connectivity index is 2.54. The summed E-state index contributed by atoms with van der Waals surface area (Å²) in [7, 11) is 0. The van der Waals surface area contributed by atoms with Crippen molar-refractivity contribution in [3.8, 4) is 0 Å². The number of nitrogens with zero attached hydrogens (tertiary/aromatic N) is 2. The summed E-state index contributed by atoms with van der Waals surface area (Å²) in [5.41, 5.74) is -0.0833. The van der Waals surface area contributed by atoms with Gasteiger partial charge in [0.15, 0.2) is 0 Å². The number of carbonyl (C=O) groups is 1. The smallest absolute Gasteiger partial charge is 0.226 e. The van der Waals surface area contributed by atoms with Crippen LogP contribution in [0.2, 0.25) is 0 Å². The monoisotopic (exact) mass is 296 g/mol. The van der Waals surface area contributed by atoms with E-state index in [2.05, 4.69) is 58.3 Å². The van der Waals surface area contributed by atoms with Crippen molar-refractivity contribution in [2.75, 3.05) is 19.6 Å². The molecule has 0 atom stereocenters. The molecule has 0 saturated carbocycles. The van der Waals surface area contributed by atoms with Gasteiger partial charge < -0.3 is 9.80 Å². The number of amides is 1. The van der Waals surface area contributed by atoms with E-state index in [1.165, 1.54) is 13.0 Å². The molecular weight excluding hydrogens is 260 g/mol. The first-order valence-corrected chi connectivity index (χ1v) is 8.68. The van der Waals surface area contributed by atoms with Crippen molar-refractivity contribution in [3.63, 3.8) is 0 Å². The van der Waals surface area contributed by atoms with Crippen molar-refractivity contribution in [2.45, 2.75) is 79.3 Å². The second-order valence-electron chi connectivity index (χ2n) is 8.27. The molecule has 1 amide bonds. The van der Waals surface area contributed by atoms with Crippen LogP contribution in [0.3, 0.4) is 0 Å². The van der Waals surface area contributed by atoms with Gasteiger partial charge in [0.05, 0.1) is 0 Å². The molecule has 0 aromatic rings. The summed E-state index contributed by atoms with van der Waals surface area (Å²) in [6, 6.07) is 0.275. The molecule has 0 bridgehead atoms. The molecule has 21 heavy (non-hydrogen) atoms. The van der Waals surface area contributed by atoms with Crippen LogP contribution in [-0.4, -0.2) is 46.9 Å². The van der Waals surface area contributed by atoms with E-state index in [4.69, 9.17) is 0 Å². The molecule has 0 unspecified atom stereocenters. The van der Waals surface area contributed by atoms with Crippen molar-refractivity contribution in [1.82, 2.24) is 9.80 Å². The Bertz CT molecular complexity index is 323. The van der Waals surface area contributed by atoms with Gasteiger partial charge in [0.25, 0.3) is 0 Å². The molecule has 0 radical (unpaired) electrons. The van der Waals surface area contributed by atoms with Crippen LogP contribution >= 0.6 is 0 Å². The SMILES string of the molecule is CC(C)CCN1CCC(C(=O)N(C(C)C)C(C)(C)C)CC1. The highest BCUT2D eigenvalue weighted by atomic mass is 16.2. The summed E-state index contributed by atoms with van der Waals surface area (Å²) in [6.07, 6.45) is 3.31. The van der Waals surface area contributed by atoms with Gasteiger partial charge in [-0.2, -0.15) is 0 Å². The van der Waals surface area contributed by atoms with Gasteiger partial charge in [-0.3, -0.25) is 4.79 Å². The molecule has 3 heteroatoms. The second kappa shape index (κ2) is 7.62. The average molecular weight is 296 g/mol. The van der Waals surface area contributed by atoms with E-state index in [1.54, 1.807) is 0 Å². The predicted molar refractivity (Wildman–Crippen MR) is 90.4 cm³/mol. The van der Waals surface area contributed by atoms with Gasteiger partial charge in [0.1, 0.15) is 0 Å². The zero-order chi connectivity index (χ0) is 16.2. The molecule has 1 rings (SSSR count). The second-order valence-corrected chi connectivity index (χ2v) is 8.27. The Kier molecular flexibility index (Phi) is 6.71. The lowest BCUT2D eigenvalue weighted by Crippen LogP contribution is -2.53. The lowest BCUT2D eigenvalue weighted by molar-refractivity contribution is -0.144. The minimum atomic E-state index is -0.0833. The summed E-state index contributed by atoms with van der Waals surface area (Å²) in [6.45, 7) is 18.6. The van der Waals surface area contributed by atoms with Gasteiger partial charge in [-0.25, -0.2) is 0 Å². The topological polar surface area (TPSA) is 23.6 Å². The molecule has 0 N–H and O–H groups in total. The van der Waals surface area contributed by atoms with Crippen molar-refractivity contribution >= 4 is 5.91 Å². The Morgan fingerprint density at radius 2 is 1.67 bits per heavy atom. The summed E-state index contributed by atoms with van der Waals surface area (Å²) < 4.78 is 0. The number of rotatable bonds is 5. The molecule has 0 spiro atoms. The molecule has 124 valence electrons. The molecular formula is C18H36N2O. The van der Waals surface area contributed by atoms with Crippen LogP contribution in [0.25, 0.3) is 0 Å². The fourth-order valence-corrected chi connectivity index (χ4v) is 3.40. The number of carbonyl (C=O) groups excluding carboxylic acids is 1. The number of hydrogen-bond donors (Lipinski definition) is 0. The van der Waals surface area contributed by atoms with Gasteiger partial charge in [-0.1, -0.05) is 13.8 Å². The first-order valence-electron chi connectivity index (χ1n) is 8.68. The van der Waals surface area contributed by atoms with E-state index in [-0.39, 0.29) is 17.5 Å². The zero-order valence-corrected chi connectivity index (χ0v) is 15.3. The van der Waals surface area contributed by atoms with Gasteiger partial charge in [0.2, 0.25) is 5.91 Å². The Labute approximate surface area is 132 Å². The van der Waals surface area contributed by atoms with Gasteiger partial charge in [-0.05, 0) is 79.4 Å². The van der Waals surface area contributed by atoms with Crippen LogP contribution in [0, 0.1) is 11.8 Å². The average Bonchev–Trinajstić information content (AvgIpc) is 2.34. The lowest BCUT2D eigenvalue weighted by Gasteiger charge is -2.42. The quantitative estimate of drug-likeness (QED) is 0.771. The standard InChI is InChI=1S/C18H36N2O/c1-14(2)8-11-19-12-9-16(10-13-19)17(21)20(15(3)4)18(5,6)7/h14-16H,8-13H2,1-7H3. The third-order valence-corrected chi connectivity index (χ3v) is 4.44. The van der Waals surface area contributed by atoms with Crippen LogP contribution in [0.5, 0.6) is 0 Å². The zero-order valence-electron chi connectivity index (χ0n) is 15.3. The summed E-state index contributed by atoms with van der Waals surface area (Å²) in [5.74, 6) is 1.35. The van der Waals surface area contributed by atoms with Crippen LogP contribution < -0.4 is 0 Å². The molecule has 0 aromatic carbocycles. The van der Waals surface area contributed by atoms with E-state index >= 15 is 0 Å². The molecule has 1 saturated heterocycles. The molecule has 0 aromatic heterocycles. The fourth-order valence-electron chi connectivity index (χ4n) is 3.40. The van der Waals surface area contributed by atoms with E-state index < -0.39 is 0 Å². The largest absolute Gasteiger partial charge is 0.335 e. The molecule has 1 aliphatic rings. The van der Waals surface area contributed by atoms with Gasteiger partial charge >= 0.3 is 0 Å². The number of hydrogen-bond acceptors (Lipinski definition) is 2. The Morgan fingerprint density at radius 1 is 1.14 bits per heavy atom. The fraction of sp³-hybridized carbons (Fsp3) is 0.944. The Morgan fingerprint density at radius 3 is 2.05 bits per heavy atom. The molecule has 3 nitrogen and oxygen atoms in total. The maximum atomic E-state index is 12.9. The van der Waals surface area contributed by atoms with Crippen LogP contribution in [0.1, 0.15) is 67.7 Å². The highest BCUT2D eigenvalue weighted by Gasteiger charge is 2.35. The maximum Gasteiger partial charge on any atom is 0.226 e. The van der Waals surface area contributed by atoms with Crippen molar-refractivity contribution < 1.29 is 4.79 Å². The molecule has 0 aliphatic carbocycles. The first kappa shape index (κ1) is 18.5. The number of piperidine rings is 1. The van der Waals surface area contributed by atoms with E-state index in [0.717, 1.165) is 31.8 Å². The maximum absolute atomic E-state index is 12.9. The van der Waals surface area contributed by atoms with E-state index in [0.29, 0.717) is 5.91 Å². The van der Waals surface area contributed by atoms with Gasteiger partial charge in [0, 0.05) is 17.5 Å². The lowest BCUT2D eigenvalue weighted by atomic mass is 9.91. The van der Waals surface area contributed by atoms with Gasteiger partial charge in [-0.15, -0.1) is 0 Å². The van der Waals surface area contributed by atoms with Crippen LogP contribution in [0.4, 0.5) is 0 Å². The normalized spacial score (nSPS) is 18.5. The minimum Gasteiger partial charge on any atom is -0.335 e. The van der Waals surface area contributed by atoms with Crippen LogP contribution in [-0.2, 0) is 4.79 Å².